The van der Waals surface area contributed by atoms with Crippen LogP contribution in [0.15, 0.2) is 24.3 Å². The standard InChI is InChI=1S/C36H56N2O19P2/c1-24(2)55-32(40)28-30(57-34(42)36(5,6)23-51-16-14-49-18-20-53-58(43)44)29(27(31(39)37(7)8)38(28)25-10-12-26(48-9)13-11-25)56-33(41)35(3,4)22-52-17-15-50-19-21-54-59(45,46)47/h10-13,24,43-44H,14-23H2,1-9H3,(H2,45,46,47). The zero-order chi connectivity index (χ0) is 44.6. The maximum atomic E-state index is 14.1. The number of carbonyl (C=O) groups excluding carboxylic acids is 4. The molecule has 0 spiro atoms. The molecule has 0 unspecified atom stereocenters. The molecule has 1 amide bonds. The molecular formula is C36H56N2O19P2. The first-order valence-electron chi connectivity index (χ1n) is 18.1. The molecule has 0 radical (unpaired) electrons. The molecule has 2 aromatic rings. The summed E-state index contributed by atoms with van der Waals surface area (Å²) in [5.41, 5.74) is -3.42. The molecule has 0 saturated carbocycles. The van der Waals surface area contributed by atoms with E-state index in [1.807, 2.05) is 0 Å². The Kier molecular flexibility index (Phi) is 21.0. The predicted octanol–water partition coefficient (Wildman–Crippen LogP) is 3.02. The quantitative estimate of drug-likeness (QED) is 0.0571. The minimum Gasteiger partial charge on any atom is -0.497 e. The molecule has 21 nitrogen and oxygen atoms in total. The van der Waals surface area contributed by atoms with Gasteiger partial charge in [0.05, 0.1) is 90.1 Å². The summed E-state index contributed by atoms with van der Waals surface area (Å²) in [6, 6.07) is 6.20. The number of benzene rings is 1. The summed E-state index contributed by atoms with van der Waals surface area (Å²) in [5.74, 6) is -4.35. The summed E-state index contributed by atoms with van der Waals surface area (Å²) in [6.07, 6.45) is -0.684. The average molecular weight is 883 g/mol. The fourth-order valence-corrected chi connectivity index (χ4v) is 5.18. The normalized spacial score (nSPS) is 12.2. The lowest BCUT2D eigenvalue weighted by molar-refractivity contribution is -0.150. The number of esters is 3. The molecule has 0 fully saturated rings. The zero-order valence-electron chi connectivity index (χ0n) is 34.7. The highest BCUT2D eigenvalue weighted by molar-refractivity contribution is 7.46. The maximum Gasteiger partial charge on any atom is 0.469 e. The van der Waals surface area contributed by atoms with Crippen LogP contribution in [0.5, 0.6) is 17.2 Å². The summed E-state index contributed by atoms with van der Waals surface area (Å²) in [6.45, 7) is 8.30. The molecule has 4 N–H and O–H groups in total. The summed E-state index contributed by atoms with van der Waals surface area (Å²) in [4.78, 5) is 92.6. The number of aromatic nitrogens is 1. The number of phosphoric ester groups is 1. The third-order valence-corrected chi connectivity index (χ3v) is 8.58. The van der Waals surface area contributed by atoms with E-state index in [0.29, 0.717) is 5.75 Å². The highest BCUT2D eigenvalue weighted by atomic mass is 31.2. The average Bonchev–Trinajstić information content (AvgIpc) is 3.45. The second-order valence-corrected chi connectivity index (χ2v) is 16.3. The molecule has 59 heavy (non-hydrogen) atoms. The van der Waals surface area contributed by atoms with E-state index in [9.17, 15) is 23.7 Å². The van der Waals surface area contributed by atoms with Gasteiger partial charge in [-0.1, -0.05) is 0 Å². The minimum absolute atomic E-state index is 0.0129. The van der Waals surface area contributed by atoms with Gasteiger partial charge < -0.3 is 66.9 Å². The van der Waals surface area contributed by atoms with Gasteiger partial charge in [0.1, 0.15) is 5.75 Å². The van der Waals surface area contributed by atoms with Gasteiger partial charge in [-0.15, -0.1) is 0 Å². The Morgan fingerprint density at radius 1 is 0.746 bits per heavy atom. The Labute approximate surface area is 343 Å². The zero-order valence-corrected chi connectivity index (χ0v) is 36.4. The van der Waals surface area contributed by atoms with Crippen molar-refractivity contribution in [2.24, 2.45) is 10.8 Å². The van der Waals surface area contributed by atoms with E-state index in [1.165, 1.54) is 70.5 Å². The molecule has 1 heterocycles. The lowest BCUT2D eigenvalue weighted by Gasteiger charge is -2.24. The highest BCUT2D eigenvalue weighted by Crippen LogP contribution is 2.44. The first-order chi connectivity index (χ1) is 27.5. The van der Waals surface area contributed by atoms with Crippen molar-refractivity contribution in [3.63, 3.8) is 0 Å². The number of nitrogens with zero attached hydrogens (tertiary/aromatic N) is 2. The molecule has 0 aliphatic rings. The minimum atomic E-state index is -4.64. The monoisotopic (exact) mass is 882 g/mol. The SMILES string of the molecule is COc1ccc(-n2c(C(=O)OC(C)C)c(OC(=O)C(C)(C)COCCOCCOP(O)O)c(OC(=O)C(C)(C)COCCOCCOP(=O)(O)O)c2C(=O)N(C)C)cc1. The number of ether oxygens (including phenoxy) is 8. The van der Waals surface area contributed by atoms with Crippen LogP contribution in [-0.4, -0.2) is 146 Å². The third-order valence-electron chi connectivity index (χ3n) is 7.65. The second kappa shape index (κ2) is 24.0. The highest BCUT2D eigenvalue weighted by Gasteiger charge is 2.42. The summed E-state index contributed by atoms with van der Waals surface area (Å²) in [5, 5.41) is 0. The van der Waals surface area contributed by atoms with Crippen molar-refractivity contribution >= 4 is 40.2 Å². The molecule has 0 aliphatic heterocycles. The Morgan fingerprint density at radius 2 is 1.20 bits per heavy atom. The van der Waals surface area contributed by atoms with Gasteiger partial charge in [0, 0.05) is 19.8 Å². The summed E-state index contributed by atoms with van der Waals surface area (Å²) < 4.78 is 65.6. The summed E-state index contributed by atoms with van der Waals surface area (Å²) in [7, 11) is -2.83. The van der Waals surface area contributed by atoms with E-state index in [4.69, 9.17) is 57.5 Å². The van der Waals surface area contributed by atoms with Gasteiger partial charge in [-0.05, 0) is 65.8 Å². The molecular weight excluding hydrogens is 826 g/mol. The lowest BCUT2D eigenvalue weighted by atomic mass is 9.95. The number of amides is 1. The lowest BCUT2D eigenvalue weighted by Crippen LogP contribution is -2.36. The van der Waals surface area contributed by atoms with E-state index >= 15 is 0 Å². The van der Waals surface area contributed by atoms with Crippen LogP contribution in [0.2, 0.25) is 0 Å². The molecule has 0 bridgehead atoms. The number of methoxy groups -OCH3 is 1. The largest absolute Gasteiger partial charge is 0.497 e. The van der Waals surface area contributed by atoms with E-state index in [-0.39, 0.29) is 77.5 Å². The number of rotatable bonds is 27. The molecule has 1 aromatic heterocycles. The van der Waals surface area contributed by atoms with E-state index in [1.54, 1.807) is 26.0 Å². The fourth-order valence-electron chi connectivity index (χ4n) is 4.63. The van der Waals surface area contributed by atoms with Gasteiger partial charge in [-0.25, -0.2) is 9.36 Å². The smallest absolute Gasteiger partial charge is 0.469 e. The van der Waals surface area contributed by atoms with Crippen LogP contribution in [-0.2, 0) is 46.9 Å². The number of phosphoric acid groups is 1. The molecule has 23 heteroatoms. The van der Waals surface area contributed by atoms with Crippen molar-refractivity contribution < 1.29 is 90.3 Å². The number of carbonyl (C=O) groups is 4. The topological polar surface area (TPSA) is 267 Å². The van der Waals surface area contributed by atoms with Crippen LogP contribution in [0.4, 0.5) is 0 Å². The van der Waals surface area contributed by atoms with Crippen molar-refractivity contribution in [3.05, 3.63) is 35.7 Å². The van der Waals surface area contributed by atoms with Crippen molar-refractivity contribution in [3.8, 4) is 22.9 Å². The van der Waals surface area contributed by atoms with Gasteiger partial charge in [-0.3, -0.25) is 23.5 Å². The van der Waals surface area contributed by atoms with Gasteiger partial charge in [0.15, 0.2) is 11.4 Å². The van der Waals surface area contributed by atoms with Gasteiger partial charge in [0.25, 0.3) is 5.91 Å². The van der Waals surface area contributed by atoms with Crippen LogP contribution < -0.4 is 14.2 Å². The fraction of sp³-hybridized carbons (Fsp3) is 0.611. The van der Waals surface area contributed by atoms with Crippen LogP contribution >= 0.6 is 16.4 Å². The first-order valence-corrected chi connectivity index (χ1v) is 20.8. The van der Waals surface area contributed by atoms with Crippen molar-refractivity contribution in [2.75, 3.05) is 87.3 Å². The second-order valence-electron chi connectivity index (χ2n) is 14.3. The maximum absolute atomic E-state index is 14.1. The molecule has 2 rings (SSSR count). The van der Waals surface area contributed by atoms with Gasteiger partial charge >= 0.3 is 34.3 Å². The molecule has 0 aliphatic carbocycles. The Morgan fingerprint density at radius 3 is 1.64 bits per heavy atom. The predicted molar refractivity (Wildman–Crippen MR) is 208 cm³/mol. The Bertz CT molecular complexity index is 1720. The Balaban J connectivity index is 2.59. The van der Waals surface area contributed by atoms with Crippen molar-refractivity contribution in [1.82, 2.24) is 9.47 Å². The van der Waals surface area contributed by atoms with Gasteiger partial charge in [-0.2, -0.15) is 0 Å². The molecule has 0 atom stereocenters. The number of hydrogen-bond donors (Lipinski definition) is 4. The first kappa shape index (κ1) is 51.6. The van der Waals surface area contributed by atoms with Crippen LogP contribution in [0.1, 0.15) is 62.5 Å². The van der Waals surface area contributed by atoms with Crippen molar-refractivity contribution in [1.29, 1.82) is 0 Å². The van der Waals surface area contributed by atoms with Crippen LogP contribution in [0.3, 0.4) is 0 Å². The van der Waals surface area contributed by atoms with Crippen molar-refractivity contribution in [2.45, 2.75) is 47.6 Å². The molecule has 0 saturated heterocycles. The summed E-state index contributed by atoms with van der Waals surface area (Å²) >= 11 is 0. The molecule has 334 valence electrons. The molecule has 1 aromatic carbocycles. The van der Waals surface area contributed by atoms with E-state index in [0.717, 1.165) is 0 Å². The van der Waals surface area contributed by atoms with E-state index in [2.05, 4.69) is 9.05 Å². The van der Waals surface area contributed by atoms with Gasteiger partial charge in [0.2, 0.25) is 11.5 Å². The van der Waals surface area contributed by atoms with Crippen LogP contribution in [0.25, 0.3) is 5.69 Å². The van der Waals surface area contributed by atoms with Crippen LogP contribution in [0, 0.1) is 10.8 Å². The third kappa shape index (κ3) is 17.1. The number of hydrogen-bond acceptors (Lipinski definition) is 17. The van der Waals surface area contributed by atoms with E-state index < -0.39 is 74.4 Å². The Hall–Kier alpha value is -3.56.